The first kappa shape index (κ1) is 26.8. The molecule has 3 rings (SSSR count). The Labute approximate surface area is 206 Å². The average Bonchev–Trinajstić information content (AvgIpc) is 3.30. The molecule has 0 aromatic heterocycles. The number of carbonyl (C=O) groups excluding carboxylic acids is 3. The van der Waals surface area contributed by atoms with Crippen LogP contribution in [0.4, 0.5) is 23.7 Å². The molecule has 1 aliphatic rings. The molecule has 1 aliphatic heterocycles. The number of esters is 1. The van der Waals surface area contributed by atoms with Crippen LogP contribution in [0.5, 0.6) is 0 Å². The number of nitrogens with zero attached hydrogens (tertiary/aromatic N) is 2. The Bertz CT molecular complexity index is 1100. The third kappa shape index (κ3) is 7.37. The Morgan fingerprint density at radius 3 is 2.33 bits per heavy atom. The Morgan fingerprint density at radius 2 is 1.69 bits per heavy atom. The van der Waals surface area contributed by atoms with Gasteiger partial charge in [0.1, 0.15) is 18.8 Å². The van der Waals surface area contributed by atoms with Crippen molar-refractivity contribution in [2.24, 2.45) is 0 Å². The predicted molar refractivity (Wildman–Crippen MR) is 125 cm³/mol. The zero-order valence-corrected chi connectivity index (χ0v) is 20.2. The van der Waals surface area contributed by atoms with Crippen LogP contribution in [0.2, 0.25) is 0 Å². The van der Waals surface area contributed by atoms with Crippen molar-refractivity contribution in [3.05, 3.63) is 65.2 Å². The molecule has 0 aliphatic carbocycles. The third-order valence-corrected chi connectivity index (χ3v) is 5.13. The predicted octanol–water partition coefficient (Wildman–Crippen LogP) is 4.54. The van der Waals surface area contributed by atoms with E-state index in [2.05, 4.69) is 5.32 Å². The Balaban J connectivity index is 1.60. The quantitative estimate of drug-likeness (QED) is 0.578. The minimum absolute atomic E-state index is 0.189. The number of anilines is 1. The molecule has 8 nitrogen and oxygen atoms in total. The van der Waals surface area contributed by atoms with E-state index in [0.29, 0.717) is 30.8 Å². The summed E-state index contributed by atoms with van der Waals surface area (Å²) in [7, 11) is 0. The molecule has 1 saturated heterocycles. The number of alkyl carbamates (subject to hydrolysis) is 1. The Morgan fingerprint density at radius 1 is 1.00 bits per heavy atom. The van der Waals surface area contributed by atoms with E-state index < -0.39 is 29.4 Å². The highest BCUT2D eigenvalue weighted by molar-refractivity contribution is 5.91. The molecule has 2 aromatic carbocycles. The maximum absolute atomic E-state index is 12.7. The molecule has 1 N–H and O–H groups in total. The van der Waals surface area contributed by atoms with Crippen LogP contribution >= 0.6 is 0 Å². The van der Waals surface area contributed by atoms with Gasteiger partial charge in [-0.2, -0.15) is 13.2 Å². The lowest BCUT2D eigenvalue weighted by atomic mass is 10.1. The van der Waals surface area contributed by atoms with E-state index >= 15 is 0 Å². The van der Waals surface area contributed by atoms with Gasteiger partial charge in [-0.25, -0.2) is 9.59 Å². The number of carbonyl (C=O) groups is 3. The van der Waals surface area contributed by atoms with E-state index in [1.165, 1.54) is 17.1 Å². The van der Waals surface area contributed by atoms with Crippen LogP contribution in [-0.2, 0) is 27.1 Å². The van der Waals surface area contributed by atoms with Crippen LogP contribution in [-0.4, -0.2) is 48.2 Å². The summed E-state index contributed by atoms with van der Waals surface area (Å²) in [6.45, 7) is 5.69. The first-order valence-electron chi connectivity index (χ1n) is 11.3. The van der Waals surface area contributed by atoms with Gasteiger partial charge >= 0.3 is 18.2 Å². The van der Waals surface area contributed by atoms with Crippen molar-refractivity contribution < 1.29 is 37.0 Å². The lowest BCUT2D eigenvalue weighted by Gasteiger charge is -2.30. The molecule has 0 radical (unpaired) electrons. The van der Waals surface area contributed by atoms with Crippen LogP contribution in [0.1, 0.15) is 48.7 Å². The van der Waals surface area contributed by atoms with Gasteiger partial charge < -0.3 is 14.8 Å². The molecular formula is C25H28F3N3O5. The zero-order chi connectivity index (χ0) is 26.5. The smallest absolute Gasteiger partial charge is 0.416 e. The summed E-state index contributed by atoms with van der Waals surface area (Å²) in [5.41, 5.74) is -0.237. The number of hydrogen-bond donors (Lipinski definition) is 1. The fourth-order valence-corrected chi connectivity index (χ4v) is 3.51. The summed E-state index contributed by atoms with van der Waals surface area (Å²) in [5.74, 6) is -0.992. The van der Waals surface area contributed by atoms with Crippen molar-refractivity contribution in [3.63, 3.8) is 0 Å². The van der Waals surface area contributed by atoms with E-state index in [4.69, 9.17) is 9.47 Å². The molecule has 0 saturated carbocycles. The molecule has 0 bridgehead atoms. The van der Waals surface area contributed by atoms with Crippen molar-refractivity contribution in [1.82, 2.24) is 10.3 Å². The van der Waals surface area contributed by atoms with E-state index in [0.717, 1.165) is 12.1 Å². The molecule has 1 heterocycles. The average molecular weight is 508 g/mol. The van der Waals surface area contributed by atoms with Gasteiger partial charge in [0, 0.05) is 13.1 Å². The van der Waals surface area contributed by atoms with Gasteiger partial charge in [0.2, 0.25) is 0 Å². The molecule has 2 amide bonds. The lowest BCUT2D eigenvalue weighted by molar-refractivity contribution is -0.137. The minimum Gasteiger partial charge on any atom is -0.457 e. The Hall–Kier alpha value is -3.76. The number of amides is 2. The van der Waals surface area contributed by atoms with Crippen LogP contribution in [0.25, 0.3) is 0 Å². The molecular weight excluding hydrogens is 479 g/mol. The maximum atomic E-state index is 12.7. The number of alkyl halides is 3. The fourth-order valence-electron chi connectivity index (χ4n) is 3.51. The van der Waals surface area contributed by atoms with Gasteiger partial charge in [-0.3, -0.25) is 14.8 Å². The van der Waals surface area contributed by atoms with E-state index in [9.17, 15) is 27.6 Å². The van der Waals surface area contributed by atoms with E-state index in [-0.39, 0.29) is 24.6 Å². The number of hydrazine groups is 1. The normalized spacial score (nSPS) is 13.9. The highest BCUT2D eigenvalue weighted by Gasteiger charge is 2.30. The molecule has 0 unspecified atom stereocenters. The van der Waals surface area contributed by atoms with Gasteiger partial charge in [0.25, 0.3) is 5.91 Å². The standard InChI is InChI=1S/C25H28F3N3O5/c1-24(2,3)36-23(34)29-15-21(32)31-13-5-12-30(31)20-7-4-6-18(14-20)22(33)35-16-17-8-10-19(11-9-17)25(26,27)28/h4,6-11,14H,5,12-13,15-16H2,1-3H3,(H,29,34). The van der Waals surface area contributed by atoms with E-state index in [1.807, 2.05) is 0 Å². The van der Waals surface area contributed by atoms with Crippen molar-refractivity contribution in [2.45, 2.75) is 45.6 Å². The van der Waals surface area contributed by atoms with Crippen LogP contribution in [0.15, 0.2) is 48.5 Å². The maximum Gasteiger partial charge on any atom is 0.416 e. The zero-order valence-electron chi connectivity index (χ0n) is 20.2. The molecule has 1 fully saturated rings. The summed E-state index contributed by atoms with van der Waals surface area (Å²) in [6, 6.07) is 10.9. The fraction of sp³-hybridized carbons (Fsp3) is 0.400. The molecule has 0 spiro atoms. The number of nitrogens with one attached hydrogen (secondary N) is 1. The second-order valence-corrected chi connectivity index (χ2v) is 9.17. The second kappa shape index (κ2) is 10.9. The molecule has 194 valence electrons. The van der Waals surface area contributed by atoms with Gasteiger partial charge in [-0.05, 0) is 63.1 Å². The van der Waals surface area contributed by atoms with Crippen molar-refractivity contribution in [2.75, 3.05) is 24.6 Å². The first-order chi connectivity index (χ1) is 16.8. The third-order valence-electron chi connectivity index (χ3n) is 5.13. The lowest BCUT2D eigenvalue weighted by Crippen LogP contribution is -2.47. The second-order valence-electron chi connectivity index (χ2n) is 9.17. The Kier molecular flexibility index (Phi) is 8.11. The number of rotatable bonds is 6. The molecule has 0 atom stereocenters. The highest BCUT2D eigenvalue weighted by Crippen LogP contribution is 2.29. The van der Waals surface area contributed by atoms with Crippen molar-refractivity contribution >= 4 is 23.7 Å². The number of ether oxygens (including phenoxy) is 2. The summed E-state index contributed by atoms with van der Waals surface area (Å²) in [6.07, 6.45) is -4.44. The molecule has 2 aromatic rings. The summed E-state index contributed by atoms with van der Waals surface area (Å²) in [5, 5.41) is 5.65. The summed E-state index contributed by atoms with van der Waals surface area (Å²) < 4.78 is 48.5. The number of benzene rings is 2. The monoisotopic (exact) mass is 507 g/mol. The molecule has 11 heteroatoms. The minimum atomic E-state index is -4.44. The summed E-state index contributed by atoms with van der Waals surface area (Å²) in [4.78, 5) is 37.1. The molecule has 36 heavy (non-hydrogen) atoms. The number of halogens is 3. The number of hydrogen-bond acceptors (Lipinski definition) is 6. The van der Waals surface area contributed by atoms with Gasteiger partial charge in [0.05, 0.1) is 16.8 Å². The van der Waals surface area contributed by atoms with Crippen LogP contribution in [0.3, 0.4) is 0 Å². The van der Waals surface area contributed by atoms with Gasteiger partial charge in [-0.1, -0.05) is 18.2 Å². The summed E-state index contributed by atoms with van der Waals surface area (Å²) >= 11 is 0. The van der Waals surface area contributed by atoms with Crippen molar-refractivity contribution in [3.8, 4) is 0 Å². The van der Waals surface area contributed by atoms with Gasteiger partial charge in [0.15, 0.2) is 0 Å². The van der Waals surface area contributed by atoms with Crippen LogP contribution in [0, 0.1) is 0 Å². The first-order valence-corrected chi connectivity index (χ1v) is 11.3. The van der Waals surface area contributed by atoms with Gasteiger partial charge in [-0.15, -0.1) is 0 Å². The van der Waals surface area contributed by atoms with E-state index in [1.54, 1.807) is 50.0 Å². The highest BCUT2D eigenvalue weighted by atomic mass is 19.4. The topological polar surface area (TPSA) is 88.2 Å². The SMILES string of the molecule is CC(C)(C)OC(=O)NCC(=O)N1CCCN1c1cccc(C(=O)OCc2ccc(C(F)(F)F)cc2)c1. The van der Waals surface area contributed by atoms with Crippen molar-refractivity contribution in [1.29, 1.82) is 0 Å². The van der Waals surface area contributed by atoms with Crippen LogP contribution < -0.4 is 10.3 Å². The largest absolute Gasteiger partial charge is 0.457 e.